The lowest BCUT2D eigenvalue weighted by Crippen LogP contribution is -2.44. The van der Waals surface area contributed by atoms with Gasteiger partial charge in [0, 0.05) is 56.5 Å². The van der Waals surface area contributed by atoms with Crippen LogP contribution in [0.4, 0.5) is 11.4 Å². The van der Waals surface area contributed by atoms with Crippen molar-refractivity contribution in [3.8, 4) is 0 Å². The fourth-order valence-corrected chi connectivity index (χ4v) is 6.47. The van der Waals surface area contributed by atoms with Gasteiger partial charge in [-0.15, -0.1) is 0 Å². The first kappa shape index (κ1) is 27.3. The number of hydrogen-bond acceptors (Lipinski definition) is 6. The fourth-order valence-electron chi connectivity index (χ4n) is 5.40. The van der Waals surface area contributed by atoms with Crippen molar-refractivity contribution in [2.45, 2.75) is 43.1 Å². The summed E-state index contributed by atoms with van der Waals surface area (Å²) in [4.78, 5) is 42.0. The molecule has 2 atom stereocenters. The molecule has 2 aromatic rings. The second-order valence-corrected chi connectivity index (χ2v) is 12.1. The maximum absolute atomic E-state index is 13.1. The number of nitrogens with one attached hydrogen (secondary N) is 2. The summed E-state index contributed by atoms with van der Waals surface area (Å²) in [5, 5.41) is 2.87. The number of carbonyl (C=O) groups is 3. The van der Waals surface area contributed by atoms with Gasteiger partial charge < -0.3 is 19.9 Å². The second-order valence-electron chi connectivity index (χ2n) is 10.3. The van der Waals surface area contributed by atoms with Crippen LogP contribution in [0, 0.1) is 11.8 Å². The Hall–Kier alpha value is -3.28. The largest absolute Gasteiger partial charge is 0.377 e. The lowest BCUT2D eigenvalue weighted by molar-refractivity contribution is -0.138. The standard InChI is InChI=1S/C28H34N4O6S/c33-26-17-21(19-32(26)23-5-2-1-3-6-23)28(35)31-14-12-20(13-15-31)27(34)30-22-8-10-25(11-9-22)39(36,37)29-18-24-7-4-16-38-24/h1-3,5-6,8-11,20-21,24,29H,4,7,12-19H2,(H,30,34). The van der Waals surface area contributed by atoms with Crippen molar-refractivity contribution in [2.24, 2.45) is 11.8 Å². The van der Waals surface area contributed by atoms with E-state index in [2.05, 4.69) is 10.0 Å². The summed E-state index contributed by atoms with van der Waals surface area (Å²) >= 11 is 0. The summed E-state index contributed by atoms with van der Waals surface area (Å²) in [5.41, 5.74) is 1.32. The van der Waals surface area contributed by atoms with Gasteiger partial charge in [-0.1, -0.05) is 18.2 Å². The highest BCUT2D eigenvalue weighted by molar-refractivity contribution is 7.89. The molecule has 2 unspecified atom stereocenters. The van der Waals surface area contributed by atoms with E-state index >= 15 is 0 Å². The molecule has 0 aliphatic carbocycles. The molecule has 3 aliphatic heterocycles. The highest BCUT2D eigenvalue weighted by atomic mass is 32.2. The van der Waals surface area contributed by atoms with Gasteiger partial charge >= 0.3 is 0 Å². The van der Waals surface area contributed by atoms with Gasteiger partial charge in [-0.05, 0) is 62.1 Å². The molecule has 10 nitrogen and oxygen atoms in total. The van der Waals surface area contributed by atoms with Gasteiger partial charge in [0.1, 0.15) is 0 Å². The lowest BCUT2D eigenvalue weighted by Gasteiger charge is -2.33. The Labute approximate surface area is 228 Å². The normalized spacial score (nSPS) is 22.3. The van der Waals surface area contributed by atoms with E-state index in [-0.39, 0.29) is 53.5 Å². The van der Waals surface area contributed by atoms with Crippen LogP contribution in [-0.2, 0) is 29.1 Å². The Kier molecular flexibility index (Phi) is 8.29. The number of para-hydroxylation sites is 1. The average molecular weight is 555 g/mol. The summed E-state index contributed by atoms with van der Waals surface area (Å²) in [6.45, 7) is 2.19. The van der Waals surface area contributed by atoms with Gasteiger partial charge in [0.2, 0.25) is 27.7 Å². The molecule has 3 aliphatic rings. The number of rotatable bonds is 8. The number of carbonyl (C=O) groups excluding carboxylic acids is 3. The molecule has 5 rings (SSSR count). The van der Waals surface area contributed by atoms with Crippen LogP contribution in [0.1, 0.15) is 32.1 Å². The van der Waals surface area contributed by atoms with Crippen LogP contribution in [0.15, 0.2) is 59.5 Å². The summed E-state index contributed by atoms with van der Waals surface area (Å²) in [6.07, 6.45) is 2.94. The monoisotopic (exact) mass is 554 g/mol. The summed E-state index contributed by atoms with van der Waals surface area (Å²) in [5.74, 6) is -0.869. The zero-order valence-electron chi connectivity index (χ0n) is 21.8. The van der Waals surface area contributed by atoms with Crippen LogP contribution in [0.2, 0.25) is 0 Å². The quantitative estimate of drug-likeness (QED) is 0.516. The molecule has 208 valence electrons. The van der Waals surface area contributed by atoms with Gasteiger partial charge in [-0.2, -0.15) is 0 Å². The SMILES string of the molecule is O=C(Nc1ccc(S(=O)(=O)NCC2CCCO2)cc1)C1CCN(C(=O)C2CC(=O)N(c3ccccc3)C2)CC1. The first-order chi connectivity index (χ1) is 18.8. The van der Waals surface area contributed by atoms with Gasteiger partial charge in [-0.25, -0.2) is 13.1 Å². The van der Waals surface area contributed by atoms with E-state index in [0.29, 0.717) is 44.8 Å². The molecule has 11 heteroatoms. The highest BCUT2D eigenvalue weighted by Crippen LogP contribution is 2.28. The molecule has 0 bridgehead atoms. The minimum atomic E-state index is -3.66. The van der Waals surface area contributed by atoms with Gasteiger partial charge in [0.15, 0.2) is 0 Å². The number of amides is 3. The minimum Gasteiger partial charge on any atom is -0.377 e. The summed E-state index contributed by atoms with van der Waals surface area (Å²) < 4.78 is 33.1. The number of sulfonamides is 1. The number of ether oxygens (including phenoxy) is 1. The molecule has 2 N–H and O–H groups in total. The molecular weight excluding hydrogens is 520 g/mol. The van der Waals surface area contributed by atoms with Crippen molar-refractivity contribution in [3.05, 3.63) is 54.6 Å². The number of anilines is 2. The zero-order valence-corrected chi connectivity index (χ0v) is 22.6. The predicted octanol–water partition coefficient (Wildman–Crippen LogP) is 2.37. The van der Waals surface area contributed by atoms with E-state index in [1.807, 2.05) is 30.3 Å². The first-order valence-corrected chi connectivity index (χ1v) is 14.9. The molecule has 0 aromatic heterocycles. The minimum absolute atomic E-state index is 0.0365. The Morgan fingerprint density at radius 3 is 2.33 bits per heavy atom. The van der Waals surface area contributed by atoms with Crippen molar-refractivity contribution >= 4 is 39.1 Å². The molecule has 3 fully saturated rings. The third-order valence-corrected chi connectivity index (χ3v) is 9.12. The van der Waals surface area contributed by atoms with Crippen molar-refractivity contribution in [1.82, 2.24) is 9.62 Å². The third kappa shape index (κ3) is 6.48. The predicted molar refractivity (Wildman–Crippen MR) is 145 cm³/mol. The van der Waals surface area contributed by atoms with E-state index < -0.39 is 10.0 Å². The maximum atomic E-state index is 13.1. The highest BCUT2D eigenvalue weighted by Gasteiger charge is 2.38. The van der Waals surface area contributed by atoms with Gasteiger partial charge in [0.25, 0.3) is 0 Å². The molecule has 0 spiro atoms. The number of likely N-dealkylation sites (tertiary alicyclic amines) is 1. The second kappa shape index (κ2) is 11.8. The fraction of sp³-hybridized carbons (Fsp3) is 0.464. The summed E-state index contributed by atoms with van der Waals surface area (Å²) in [7, 11) is -3.66. The molecule has 39 heavy (non-hydrogen) atoms. The van der Waals surface area contributed by atoms with Gasteiger partial charge in [0.05, 0.1) is 16.9 Å². The molecular formula is C28H34N4O6S. The first-order valence-electron chi connectivity index (χ1n) is 13.5. The number of benzene rings is 2. The van der Waals surface area contributed by atoms with Crippen LogP contribution in [-0.4, -0.2) is 69.9 Å². The molecule has 2 aromatic carbocycles. The van der Waals surface area contributed by atoms with Crippen LogP contribution in [0.5, 0.6) is 0 Å². The third-order valence-electron chi connectivity index (χ3n) is 7.68. The topological polar surface area (TPSA) is 125 Å². The zero-order chi connectivity index (χ0) is 27.4. The molecule has 3 saturated heterocycles. The van der Waals surface area contributed by atoms with E-state index in [1.54, 1.807) is 21.9 Å². The number of nitrogens with zero attached hydrogens (tertiary/aromatic N) is 2. The Bertz CT molecular complexity index is 1290. The van der Waals surface area contributed by atoms with Crippen LogP contribution >= 0.6 is 0 Å². The van der Waals surface area contributed by atoms with E-state index in [9.17, 15) is 22.8 Å². The van der Waals surface area contributed by atoms with E-state index in [0.717, 1.165) is 18.5 Å². The Morgan fingerprint density at radius 2 is 1.67 bits per heavy atom. The van der Waals surface area contributed by atoms with Crippen LogP contribution < -0.4 is 14.9 Å². The van der Waals surface area contributed by atoms with Gasteiger partial charge in [-0.3, -0.25) is 14.4 Å². The Morgan fingerprint density at radius 1 is 0.949 bits per heavy atom. The number of hydrogen-bond donors (Lipinski definition) is 2. The van der Waals surface area contributed by atoms with Crippen molar-refractivity contribution in [1.29, 1.82) is 0 Å². The maximum Gasteiger partial charge on any atom is 0.240 e. The van der Waals surface area contributed by atoms with Crippen molar-refractivity contribution in [2.75, 3.05) is 43.0 Å². The molecule has 3 heterocycles. The van der Waals surface area contributed by atoms with Crippen LogP contribution in [0.25, 0.3) is 0 Å². The smallest absolute Gasteiger partial charge is 0.240 e. The van der Waals surface area contributed by atoms with Crippen molar-refractivity contribution in [3.63, 3.8) is 0 Å². The lowest BCUT2D eigenvalue weighted by atomic mass is 9.94. The van der Waals surface area contributed by atoms with E-state index in [4.69, 9.17) is 4.74 Å². The van der Waals surface area contributed by atoms with Crippen molar-refractivity contribution < 1.29 is 27.5 Å². The average Bonchev–Trinajstić information content (AvgIpc) is 3.62. The number of piperidine rings is 1. The van der Waals surface area contributed by atoms with Crippen LogP contribution in [0.3, 0.4) is 0 Å². The van der Waals surface area contributed by atoms with E-state index in [1.165, 1.54) is 12.1 Å². The molecule has 3 amide bonds. The molecule has 0 saturated carbocycles. The molecule has 0 radical (unpaired) electrons. The summed E-state index contributed by atoms with van der Waals surface area (Å²) in [6, 6.07) is 15.4. The Balaban J connectivity index is 1.09.